The number of benzene rings is 2. The Morgan fingerprint density at radius 1 is 1.11 bits per heavy atom. The van der Waals surface area contributed by atoms with Crippen molar-refractivity contribution in [2.75, 3.05) is 0 Å². The third-order valence-electron chi connectivity index (χ3n) is 4.96. The lowest BCUT2D eigenvalue weighted by atomic mass is 10.0. The van der Waals surface area contributed by atoms with Crippen LogP contribution in [-0.4, -0.2) is 15.5 Å². The fourth-order valence-electron chi connectivity index (χ4n) is 3.69. The predicted molar refractivity (Wildman–Crippen MR) is 108 cm³/mol. The van der Waals surface area contributed by atoms with Gasteiger partial charge in [0.2, 0.25) is 5.91 Å². The van der Waals surface area contributed by atoms with E-state index in [2.05, 4.69) is 21.7 Å². The van der Waals surface area contributed by atoms with Gasteiger partial charge in [0.25, 0.3) is 0 Å². The molecule has 1 amide bonds. The Morgan fingerprint density at radius 2 is 1.96 bits per heavy atom. The van der Waals surface area contributed by atoms with E-state index in [0.717, 1.165) is 38.7 Å². The summed E-state index contributed by atoms with van der Waals surface area (Å²) in [6.07, 6.45) is 5.20. The van der Waals surface area contributed by atoms with Gasteiger partial charge >= 0.3 is 0 Å². The molecule has 5 nitrogen and oxygen atoms in total. The van der Waals surface area contributed by atoms with Gasteiger partial charge in [-0.05, 0) is 60.2 Å². The van der Waals surface area contributed by atoms with Crippen LogP contribution in [0.15, 0.2) is 77.7 Å². The highest BCUT2D eigenvalue weighted by molar-refractivity contribution is 6.18. The molecule has 135 valence electrons. The molecule has 0 saturated heterocycles. The maximum Gasteiger partial charge on any atom is 0.249 e. The number of hydrogen-bond acceptors (Lipinski definition) is 3. The van der Waals surface area contributed by atoms with Crippen LogP contribution in [0, 0.1) is 6.07 Å². The molecule has 3 heterocycles. The maximum absolute atomic E-state index is 12.1. The van der Waals surface area contributed by atoms with Gasteiger partial charge in [-0.15, -0.1) is 0 Å². The van der Waals surface area contributed by atoms with Gasteiger partial charge in [0.05, 0.1) is 17.3 Å². The second-order valence-corrected chi connectivity index (χ2v) is 6.63. The zero-order valence-electron chi connectivity index (χ0n) is 14.9. The molecule has 2 N–H and O–H groups in total. The van der Waals surface area contributed by atoms with Crippen molar-refractivity contribution in [3.63, 3.8) is 0 Å². The molecule has 0 fully saturated rings. The third-order valence-corrected chi connectivity index (χ3v) is 4.96. The Labute approximate surface area is 161 Å². The second kappa shape index (κ2) is 6.39. The number of rotatable bonds is 4. The normalized spacial score (nSPS) is 11.3. The van der Waals surface area contributed by atoms with Gasteiger partial charge in [-0.3, -0.25) is 9.78 Å². The molecule has 28 heavy (non-hydrogen) atoms. The number of carbonyl (C=O) groups excluding carboxylic acids is 1. The van der Waals surface area contributed by atoms with Crippen molar-refractivity contribution in [2.24, 2.45) is 5.73 Å². The van der Waals surface area contributed by atoms with Gasteiger partial charge in [-0.2, -0.15) is 0 Å². The molecule has 0 atom stereocenters. The molecule has 0 bridgehead atoms. The van der Waals surface area contributed by atoms with Gasteiger partial charge in [0.15, 0.2) is 0 Å². The number of furan rings is 1. The molecule has 0 spiro atoms. The fraction of sp³-hybridized carbons (Fsp3) is 0.0435. The van der Waals surface area contributed by atoms with Crippen molar-refractivity contribution >= 4 is 27.7 Å². The summed E-state index contributed by atoms with van der Waals surface area (Å²) in [5.41, 5.74) is 10.1. The molecule has 5 aromatic rings. The molecule has 0 aliphatic heterocycles. The number of hydrogen-bond donors (Lipinski definition) is 1. The van der Waals surface area contributed by atoms with E-state index in [1.165, 1.54) is 0 Å². The zero-order chi connectivity index (χ0) is 19.1. The summed E-state index contributed by atoms with van der Waals surface area (Å²) in [5.74, 6) is 0.325. The smallest absolute Gasteiger partial charge is 0.249 e. The summed E-state index contributed by atoms with van der Waals surface area (Å²) in [7, 11) is 0. The quantitative estimate of drug-likeness (QED) is 0.512. The highest BCUT2D eigenvalue weighted by atomic mass is 16.3. The lowest BCUT2D eigenvalue weighted by molar-refractivity contribution is 0.100. The van der Waals surface area contributed by atoms with Crippen molar-refractivity contribution in [1.29, 1.82) is 0 Å². The largest absolute Gasteiger partial charge is 0.464 e. The Hall–Kier alpha value is -3.86. The minimum atomic E-state index is -0.447. The minimum absolute atomic E-state index is 0.447. The van der Waals surface area contributed by atoms with Crippen LogP contribution in [0.1, 0.15) is 15.9 Å². The number of primary amides is 1. The number of nitrogens with zero attached hydrogens (tertiary/aromatic N) is 2. The second-order valence-electron chi connectivity index (χ2n) is 6.63. The van der Waals surface area contributed by atoms with E-state index >= 15 is 0 Å². The first-order valence-corrected chi connectivity index (χ1v) is 8.91. The third kappa shape index (κ3) is 2.56. The lowest BCUT2D eigenvalue weighted by Crippen LogP contribution is -2.11. The molecular formula is C23H16N3O2. The number of fused-ring (bicyclic) bond motifs is 3. The first kappa shape index (κ1) is 16.3. The van der Waals surface area contributed by atoms with E-state index in [-0.39, 0.29) is 0 Å². The fourth-order valence-corrected chi connectivity index (χ4v) is 3.69. The van der Waals surface area contributed by atoms with Crippen LogP contribution >= 0.6 is 0 Å². The Kier molecular flexibility index (Phi) is 3.72. The van der Waals surface area contributed by atoms with E-state index in [9.17, 15) is 4.79 Å². The minimum Gasteiger partial charge on any atom is -0.464 e. The standard InChI is InChI=1S/C23H16N3O2/c24-23(27)18-3-1-4-19-22(18)17-7-6-16(21-5-2-12-28-21)13-20(17)26(19)14-15-8-10-25-11-9-15/h1-6,8-13H,14H2,(H2,24,27). The zero-order valence-corrected chi connectivity index (χ0v) is 14.9. The Balaban J connectivity index is 1.83. The first-order valence-electron chi connectivity index (χ1n) is 8.91. The number of nitrogens with two attached hydrogens (primary N) is 1. The van der Waals surface area contributed by atoms with E-state index in [0.29, 0.717) is 12.1 Å². The topological polar surface area (TPSA) is 74.1 Å². The summed E-state index contributed by atoms with van der Waals surface area (Å²) in [5, 5.41) is 1.69. The van der Waals surface area contributed by atoms with Crippen LogP contribution < -0.4 is 5.73 Å². The average molecular weight is 366 g/mol. The summed E-state index contributed by atoms with van der Waals surface area (Å²) < 4.78 is 7.73. The predicted octanol–water partition coefficient (Wildman–Crippen LogP) is 4.40. The highest BCUT2D eigenvalue weighted by Gasteiger charge is 2.17. The summed E-state index contributed by atoms with van der Waals surface area (Å²) in [6, 6.07) is 20.7. The molecule has 0 aliphatic rings. The van der Waals surface area contributed by atoms with Crippen LogP contribution in [0.5, 0.6) is 0 Å². The van der Waals surface area contributed by atoms with Gasteiger partial charge in [0.1, 0.15) is 5.76 Å². The van der Waals surface area contributed by atoms with Crippen molar-refractivity contribution < 1.29 is 9.21 Å². The van der Waals surface area contributed by atoms with Gasteiger partial charge in [0, 0.05) is 40.8 Å². The molecule has 0 aliphatic carbocycles. The first-order chi connectivity index (χ1) is 13.7. The SMILES string of the molecule is NC(=O)c1cccc2c1c1[c]cc(-c3ccco3)cc1n2Cc1ccncc1. The van der Waals surface area contributed by atoms with Crippen LogP contribution in [-0.2, 0) is 6.54 Å². The van der Waals surface area contributed by atoms with Gasteiger partial charge < -0.3 is 14.7 Å². The molecule has 0 unspecified atom stereocenters. The molecule has 5 rings (SSSR count). The van der Waals surface area contributed by atoms with E-state index < -0.39 is 5.91 Å². The Bertz CT molecular complexity index is 1300. The monoisotopic (exact) mass is 366 g/mol. The molecule has 3 aromatic heterocycles. The molecule has 0 saturated carbocycles. The van der Waals surface area contributed by atoms with Crippen molar-refractivity contribution in [3.05, 3.63) is 90.4 Å². The number of aromatic nitrogens is 2. The van der Waals surface area contributed by atoms with Gasteiger partial charge in [-0.1, -0.05) is 6.07 Å². The highest BCUT2D eigenvalue weighted by Crippen LogP contribution is 2.34. The van der Waals surface area contributed by atoms with E-state index in [1.54, 1.807) is 24.7 Å². The summed E-state index contributed by atoms with van der Waals surface area (Å²) >= 11 is 0. The van der Waals surface area contributed by atoms with Crippen LogP contribution in [0.4, 0.5) is 0 Å². The maximum atomic E-state index is 12.1. The van der Waals surface area contributed by atoms with Crippen molar-refractivity contribution in [1.82, 2.24) is 9.55 Å². The van der Waals surface area contributed by atoms with E-state index in [4.69, 9.17) is 10.2 Å². The number of carbonyl (C=O) groups is 1. The molecule has 2 aromatic carbocycles. The van der Waals surface area contributed by atoms with Crippen molar-refractivity contribution in [3.8, 4) is 11.3 Å². The Morgan fingerprint density at radius 3 is 2.71 bits per heavy atom. The molecular weight excluding hydrogens is 350 g/mol. The average Bonchev–Trinajstić information content (AvgIpc) is 3.36. The van der Waals surface area contributed by atoms with Crippen LogP contribution in [0.3, 0.4) is 0 Å². The van der Waals surface area contributed by atoms with Crippen molar-refractivity contribution in [2.45, 2.75) is 6.54 Å². The number of pyridine rings is 1. The summed E-state index contributed by atoms with van der Waals surface area (Å²) in [4.78, 5) is 16.2. The molecule has 1 radical (unpaired) electrons. The van der Waals surface area contributed by atoms with E-state index in [1.807, 2.05) is 42.5 Å². The van der Waals surface area contributed by atoms with Crippen LogP contribution in [0.2, 0.25) is 0 Å². The van der Waals surface area contributed by atoms with Crippen LogP contribution in [0.25, 0.3) is 33.1 Å². The van der Waals surface area contributed by atoms with Gasteiger partial charge in [-0.25, -0.2) is 0 Å². The summed E-state index contributed by atoms with van der Waals surface area (Å²) in [6.45, 7) is 0.639. The molecule has 5 heteroatoms. The lowest BCUT2D eigenvalue weighted by Gasteiger charge is -2.08. The number of amides is 1.